The minimum absolute atomic E-state index is 0.815. The second-order valence-corrected chi connectivity index (χ2v) is 6.72. The van der Waals surface area contributed by atoms with Gasteiger partial charge in [0.1, 0.15) is 0 Å². The Hall–Kier alpha value is -0.600. The van der Waals surface area contributed by atoms with Crippen molar-refractivity contribution >= 4 is 17.4 Å². The van der Waals surface area contributed by atoms with Crippen molar-refractivity contribution in [3.05, 3.63) is 28.5 Å². The summed E-state index contributed by atoms with van der Waals surface area (Å²) in [4.78, 5) is 4.15. The Morgan fingerprint density at radius 1 is 1.28 bits per heavy atom. The molecule has 1 saturated carbocycles. The summed E-state index contributed by atoms with van der Waals surface area (Å²) in [5, 5.41) is 2.15. The Kier molecular flexibility index (Phi) is 4.16. The maximum Gasteiger partial charge on any atom is 0.0267 e. The van der Waals surface area contributed by atoms with E-state index < -0.39 is 0 Å². The summed E-state index contributed by atoms with van der Waals surface area (Å²) in [7, 11) is 0. The van der Waals surface area contributed by atoms with Gasteiger partial charge in [0.15, 0.2) is 0 Å². The fraction of sp³-hybridized carbons (Fsp3) is 0.625. The largest absolute Gasteiger partial charge is 0.300 e. The van der Waals surface area contributed by atoms with Gasteiger partial charge in [0.25, 0.3) is 0 Å². The van der Waals surface area contributed by atoms with E-state index in [0.717, 1.165) is 12.0 Å². The van der Waals surface area contributed by atoms with E-state index in [9.17, 15) is 0 Å². The average molecular weight is 261 g/mol. The summed E-state index contributed by atoms with van der Waals surface area (Å²) in [5.41, 5.74) is 0. The van der Waals surface area contributed by atoms with Gasteiger partial charge in [0.05, 0.1) is 0 Å². The SMILES string of the molecule is C(=Cc1cccs1)CC1CCCCN1CC1CC1. The molecule has 2 heterocycles. The standard InChI is InChI=1S/C16H23NS/c1-2-11-17(13-14-9-10-14)15(5-1)6-3-7-16-8-4-12-18-16/h3-4,7-8,12,14-15H,1-2,5-6,9-11,13H2. The molecule has 1 aromatic rings. The summed E-state index contributed by atoms with van der Waals surface area (Å²) >= 11 is 1.83. The molecular weight excluding hydrogens is 238 g/mol. The summed E-state index contributed by atoms with van der Waals surface area (Å²) in [6.07, 6.45) is 13.1. The molecule has 98 valence electrons. The average Bonchev–Trinajstić information content (AvgIpc) is 3.05. The minimum atomic E-state index is 0.815. The van der Waals surface area contributed by atoms with Crippen LogP contribution < -0.4 is 0 Å². The zero-order chi connectivity index (χ0) is 12.2. The van der Waals surface area contributed by atoms with Gasteiger partial charge in [-0.1, -0.05) is 18.6 Å². The molecule has 18 heavy (non-hydrogen) atoms. The summed E-state index contributed by atoms with van der Waals surface area (Å²) in [6, 6.07) is 5.14. The van der Waals surface area contributed by atoms with Crippen LogP contribution in [0, 0.1) is 5.92 Å². The van der Waals surface area contributed by atoms with E-state index in [1.54, 1.807) is 0 Å². The second-order valence-electron chi connectivity index (χ2n) is 5.74. The van der Waals surface area contributed by atoms with Crippen LogP contribution in [0.1, 0.15) is 43.4 Å². The van der Waals surface area contributed by atoms with Crippen LogP contribution in [-0.4, -0.2) is 24.0 Å². The third kappa shape index (κ3) is 3.46. The van der Waals surface area contributed by atoms with Gasteiger partial charge in [0.2, 0.25) is 0 Å². The lowest BCUT2D eigenvalue weighted by molar-refractivity contribution is 0.143. The van der Waals surface area contributed by atoms with Crippen LogP contribution in [0.4, 0.5) is 0 Å². The monoisotopic (exact) mass is 261 g/mol. The molecule has 1 aliphatic heterocycles. The third-order valence-electron chi connectivity index (χ3n) is 4.17. The quantitative estimate of drug-likeness (QED) is 0.758. The van der Waals surface area contributed by atoms with Crippen molar-refractivity contribution in [2.24, 2.45) is 5.92 Å². The first-order chi connectivity index (χ1) is 8.92. The van der Waals surface area contributed by atoms with Gasteiger partial charge < -0.3 is 0 Å². The summed E-state index contributed by atoms with van der Waals surface area (Å²) < 4.78 is 0. The van der Waals surface area contributed by atoms with E-state index in [-0.39, 0.29) is 0 Å². The smallest absolute Gasteiger partial charge is 0.0267 e. The molecule has 2 aliphatic rings. The van der Waals surface area contributed by atoms with E-state index in [0.29, 0.717) is 0 Å². The first kappa shape index (κ1) is 12.4. The Balaban J connectivity index is 1.52. The zero-order valence-corrected chi connectivity index (χ0v) is 11.9. The summed E-state index contributed by atoms with van der Waals surface area (Å²) in [6.45, 7) is 2.71. The minimum Gasteiger partial charge on any atom is -0.300 e. The van der Waals surface area contributed by atoms with Crippen LogP contribution in [0.25, 0.3) is 6.08 Å². The highest BCUT2D eigenvalue weighted by Crippen LogP contribution is 2.32. The van der Waals surface area contributed by atoms with Crippen molar-refractivity contribution in [2.75, 3.05) is 13.1 Å². The van der Waals surface area contributed by atoms with Gasteiger partial charge in [-0.2, -0.15) is 0 Å². The molecule has 1 saturated heterocycles. The molecule has 0 bridgehead atoms. The number of likely N-dealkylation sites (tertiary alicyclic amines) is 1. The lowest BCUT2D eigenvalue weighted by atomic mass is 9.98. The predicted molar refractivity (Wildman–Crippen MR) is 79.9 cm³/mol. The van der Waals surface area contributed by atoms with Crippen molar-refractivity contribution in [3.8, 4) is 0 Å². The van der Waals surface area contributed by atoms with Crippen LogP contribution >= 0.6 is 11.3 Å². The molecule has 1 atom stereocenters. The number of thiophene rings is 1. The van der Waals surface area contributed by atoms with Crippen molar-refractivity contribution in [2.45, 2.75) is 44.6 Å². The van der Waals surface area contributed by atoms with Crippen LogP contribution in [0.15, 0.2) is 23.6 Å². The Morgan fingerprint density at radius 2 is 2.22 bits per heavy atom. The molecule has 3 rings (SSSR count). The van der Waals surface area contributed by atoms with E-state index in [2.05, 4.69) is 34.6 Å². The lowest BCUT2D eigenvalue weighted by Gasteiger charge is -2.35. The number of piperidine rings is 1. The van der Waals surface area contributed by atoms with Crippen molar-refractivity contribution < 1.29 is 0 Å². The highest BCUT2D eigenvalue weighted by atomic mass is 32.1. The van der Waals surface area contributed by atoms with Crippen molar-refractivity contribution in [1.82, 2.24) is 4.90 Å². The molecule has 2 fully saturated rings. The van der Waals surface area contributed by atoms with Crippen molar-refractivity contribution in [3.63, 3.8) is 0 Å². The molecule has 1 nitrogen and oxygen atoms in total. The first-order valence-corrected chi connectivity index (χ1v) is 8.24. The Labute approximate surface area is 115 Å². The highest BCUT2D eigenvalue weighted by molar-refractivity contribution is 7.10. The molecule has 0 N–H and O–H groups in total. The van der Waals surface area contributed by atoms with Gasteiger partial charge in [-0.25, -0.2) is 0 Å². The number of hydrogen-bond donors (Lipinski definition) is 0. The fourth-order valence-corrected chi connectivity index (χ4v) is 3.57. The number of rotatable bonds is 5. The molecule has 1 aliphatic carbocycles. The summed E-state index contributed by atoms with van der Waals surface area (Å²) in [5.74, 6) is 1.03. The zero-order valence-electron chi connectivity index (χ0n) is 11.1. The molecule has 0 radical (unpaired) electrons. The van der Waals surface area contributed by atoms with E-state index in [4.69, 9.17) is 0 Å². The molecular formula is C16H23NS. The van der Waals surface area contributed by atoms with Gasteiger partial charge >= 0.3 is 0 Å². The second kappa shape index (κ2) is 6.03. The van der Waals surface area contributed by atoms with Gasteiger partial charge in [-0.3, -0.25) is 4.90 Å². The van der Waals surface area contributed by atoms with Gasteiger partial charge in [-0.05, 0) is 62.1 Å². The van der Waals surface area contributed by atoms with Crippen molar-refractivity contribution in [1.29, 1.82) is 0 Å². The van der Waals surface area contributed by atoms with Crippen LogP contribution in [0.2, 0.25) is 0 Å². The van der Waals surface area contributed by atoms with E-state index in [1.807, 2.05) is 11.3 Å². The Morgan fingerprint density at radius 3 is 3.00 bits per heavy atom. The molecule has 1 aromatic heterocycles. The third-order valence-corrected chi connectivity index (χ3v) is 5.01. The molecule has 1 unspecified atom stereocenters. The highest BCUT2D eigenvalue weighted by Gasteiger charge is 2.28. The normalized spacial score (nSPS) is 25.9. The van der Waals surface area contributed by atoms with Gasteiger partial charge in [0, 0.05) is 17.5 Å². The van der Waals surface area contributed by atoms with E-state index in [1.165, 1.54) is 56.5 Å². The number of hydrogen-bond acceptors (Lipinski definition) is 2. The predicted octanol–water partition coefficient (Wildman–Crippen LogP) is 4.42. The Bertz CT molecular complexity index is 378. The topological polar surface area (TPSA) is 3.24 Å². The van der Waals surface area contributed by atoms with E-state index >= 15 is 0 Å². The molecule has 2 heteroatoms. The number of nitrogens with zero attached hydrogens (tertiary/aromatic N) is 1. The molecule has 0 aromatic carbocycles. The van der Waals surface area contributed by atoms with Crippen LogP contribution in [0.5, 0.6) is 0 Å². The van der Waals surface area contributed by atoms with Gasteiger partial charge in [-0.15, -0.1) is 11.3 Å². The first-order valence-electron chi connectivity index (χ1n) is 7.36. The van der Waals surface area contributed by atoms with Crippen LogP contribution in [0.3, 0.4) is 0 Å². The van der Waals surface area contributed by atoms with Crippen LogP contribution in [-0.2, 0) is 0 Å². The maximum absolute atomic E-state index is 2.76. The molecule has 0 amide bonds. The fourth-order valence-electron chi connectivity index (χ4n) is 2.93. The molecule has 0 spiro atoms. The lowest BCUT2D eigenvalue weighted by Crippen LogP contribution is -2.40. The maximum atomic E-state index is 2.76.